The molecule has 1 aromatic carbocycles. The van der Waals surface area contributed by atoms with Gasteiger partial charge in [0.2, 0.25) is 0 Å². The molecule has 2 bridgehead atoms. The van der Waals surface area contributed by atoms with Gasteiger partial charge in [-0.15, -0.1) is 0 Å². The largest absolute Gasteiger partial charge is 0.508 e. The van der Waals surface area contributed by atoms with Gasteiger partial charge in [-0.05, 0) is 36.0 Å². The van der Waals surface area contributed by atoms with Gasteiger partial charge in [0, 0.05) is 0 Å². The fourth-order valence-electron chi connectivity index (χ4n) is 3.73. The molecule has 5 heteroatoms. The molecular formula is C16H14N2O3. The van der Waals surface area contributed by atoms with E-state index in [1.807, 2.05) is 0 Å². The van der Waals surface area contributed by atoms with Crippen LogP contribution in [0.15, 0.2) is 41.5 Å². The van der Waals surface area contributed by atoms with E-state index in [1.165, 1.54) is 12.3 Å². The quantitative estimate of drug-likeness (QED) is 0.508. The molecule has 2 amide bonds. The van der Waals surface area contributed by atoms with Crippen LogP contribution < -0.4 is 0 Å². The first-order valence-electron chi connectivity index (χ1n) is 7.04. The van der Waals surface area contributed by atoms with Crippen molar-refractivity contribution in [1.82, 2.24) is 5.01 Å². The maximum absolute atomic E-state index is 12.4. The van der Waals surface area contributed by atoms with Gasteiger partial charge in [-0.3, -0.25) is 9.59 Å². The topological polar surface area (TPSA) is 70.0 Å². The fraction of sp³-hybridized carbons (Fsp3) is 0.312. The van der Waals surface area contributed by atoms with Crippen LogP contribution in [0.1, 0.15) is 12.0 Å². The van der Waals surface area contributed by atoms with E-state index in [-0.39, 0.29) is 41.2 Å². The first kappa shape index (κ1) is 12.3. The van der Waals surface area contributed by atoms with Gasteiger partial charge in [0.05, 0.1) is 18.1 Å². The average Bonchev–Trinajstić information content (AvgIpc) is 3.12. The van der Waals surface area contributed by atoms with Crippen LogP contribution in [0.5, 0.6) is 5.75 Å². The molecule has 2 aliphatic carbocycles. The van der Waals surface area contributed by atoms with Gasteiger partial charge in [0.15, 0.2) is 0 Å². The van der Waals surface area contributed by atoms with E-state index in [4.69, 9.17) is 0 Å². The molecule has 4 rings (SSSR count). The van der Waals surface area contributed by atoms with Crippen molar-refractivity contribution in [2.24, 2.45) is 28.8 Å². The van der Waals surface area contributed by atoms with Gasteiger partial charge >= 0.3 is 0 Å². The Morgan fingerprint density at radius 2 is 1.81 bits per heavy atom. The summed E-state index contributed by atoms with van der Waals surface area (Å²) in [6.07, 6.45) is 6.46. The summed E-state index contributed by atoms with van der Waals surface area (Å²) in [4.78, 5) is 24.8. The molecule has 3 aliphatic rings. The fourth-order valence-corrected chi connectivity index (χ4v) is 3.73. The summed E-state index contributed by atoms with van der Waals surface area (Å²) in [6.45, 7) is 0. The highest BCUT2D eigenvalue weighted by Crippen LogP contribution is 2.52. The zero-order valence-corrected chi connectivity index (χ0v) is 11.2. The van der Waals surface area contributed by atoms with E-state index in [9.17, 15) is 14.7 Å². The molecule has 4 atom stereocenters. The molecule has 1 heterocycles. The Bertz CT molecular complexity index is 665. The summed E-state index contributed by atoms with van der Waals surface area (Å²) in [5.74, 6) is -0.342. The van der Waals surface area contributed by atoms with Gasteiger partial charge in [0.1, 0.15) is 5.75 Å². The van der Waals surface area contributed by atoms with E-state index >= 15 is 0 Å². The molecule has 0 spiro atoms. The summed E-state index contributed by atoms with van der Waals surface area (Å²) >= 11 is 0. The number of fused-ring (bicyclic) bond motifs is 5. The molecule has 0 radical (unpaired) electrons. The summed E-state index contributed by atoms with van der Waals surface area (Å²) in [5, 5.41) is 14.5. The van der Waals surface area contributed by atoms with Crippen molar-refractivity contribution in [3.8, 4) is 5.75 Å². The Labute approximate surface area is 121 Å². The normalized spacial score (nSPS) is 33.4. The van der Waals surface area contributed by atoms with Crippen LogP contribution in [0.4, 0.5) is 0 Å². The molecule has 2 fully saturated rings. The highest BCUT2D eigenvalue weighted by molar-refractivity contribution is 6.06. The van der Waals surface area contributed by atoms with Crippen LogP contribution in [0.25, 0.3) is 0 Å². The predicted octanol–water partition coefficient (Wildman–Crippen LogP) is 1.53. The number of carbonyl (C=O) groups excluding carboxylic acids is 2. The number of carbonyl (C=O) groups is 2. The number of phenols is 1. The lowest BCUT2D eigenvalue weighted by Crippen LogP contribution is -2.28. The second kappa shape index (κ2) is 4.28. The number of allylic oxidation sites excluding steroid dienone is 2. The number of amides is 2. The first-order valence-corrected chi connectivity index (χ1v) is 7.04. The monoisotopic (exact) mass is 282 g/mol. The van der Waals surface area contributed by atoms with Crippen molar-refractivity contribution in [2.75, 3.05) is 0 Å². The van der Waals surface area contributed by atoms with Gasteiger partial charge in [-0.25, -0.2) is 0 Å². The molecule has 1 saturated heterocycles. The predicted molar refractivity (Wildman–Crippen MR) is 75.3 cm³/mol. The van der Waals surface area contributed by atoms with Crippen LogP contribution in [0.3, 0.4) is 0 Å². The summed E-state index contributed by atoms with van der Waals surface area (Å²) in [6, 6.07) is 6.52. The van der Waals surface area contributed by atoms with E-state index in [0.717, 1.165) is 11.4 Å². The number of rotatable bonds is 2. The summed E-state index contributed by atoms with van der Waals surface area (Å²) in [5.41, 5.74) is 0.647. The van der Waals surface area contributed by atoms with Crippen molar-refractivity contribution < 1.29 is 14.7 Å². The molecular weight excluding hydrogens is 268 g/mol. The second-order valence-corrected chi connectivity index (χ2v) is 5.83. The third kappa shape index (κ3) is 1.73. The Hall–Kier alpha value is -2.43. The standard InChI is InChI=1S/C16H14N2O3/c19-12-3-1-2-9(6-12)8-17-18-15(20)13-10-4-5-11(7-10)14(13)16(18)21/h1-6,8,10-11,13-14,19H,7H2/t10-,11-,13-,14+/m0/s1. The van der Waals surface area contributed by atoms with Crippen LogP contribution in [-0.4, -0.2) is 28.1 Å². The molecule has 1 aromatic rings. The molecule has 5 nitrogen and oxygen atoms in total. The Morgan fingerprint density at radius 3 is 2.43 bits per heavy atom. The lowest BCUT2D eigenvalue weighted by Gasteiger charge is -2.13. The lowest BCUT2D eigenvalue weighted by atomic mass is 9.85. The zero-order chi connectivity index (χ0) is 14.6. The summed E-state index contributed by atoms with van der Waals surface area (Å²) in [7, 11) is 0. The minimum atomic E-state index is -0.228. The maximum atomic E-state index is 12.4. The van der Waals surface area contributed by atoms with E-state index in [0.29, 0.717) is 5.56 Å². The molecule has 106 valence electrons. The number of hydrazone groups is 1. The number of hydrogen-bond donors (Lipinski definition) is 1. The zero-order valence-electron chi connectivity index (χ0n) is 11.2. The minimum Gasteiger partial charge on any atom is -0.508 e. The highest BCUT2D eigenvalue weighted by atomic mass is 16.3. The van der Waals surface area contributed by atoms with Crippen molar-refractivity contribution >= 4 is 18.0 Å². The Kier molecular flexibility index (Phi) is 2.51. The SMILES string of the molecule is O=C1[C@@H]2[C@H](C(=O)N1N=Cc1cccc(O)c1)[C@H]1C=C[C@H]2C1. The number of imide groups is 1. The molecule has 21 heavy (non-hydrogen) atoms. The molecule has 1 saturated carbocycles. The number of aromatic hydroxyl groups is 1. The van der Waals surface area contributed by atoms with Gasteiger partial charge in [-0.1, -0.05) is 24.3 Å². The number of hydrogen-bond acceptors (Lipinski definition) is 4. The highest BCUT2D eigenvalue weighted by Gasteiger charge is 2.59. The third-order valence-corrected chi connectivity index (χ3v) is 4.64. The van der Waals surface area contributed by atoms with Gasteiger partial charge in [0.25, 0.3) is 11.8 Å². The minimum absolute atomic E-state index is 0.122. The number of benzene rings is 1. The molecule has 0 unspecified atom stereocenters. The van der Waals surface area contributed by atoms with Crippen LogP contribution in [0.2, 0.25) is 0 Å². The van der Waals surface area contributed by atoms with Gasteiger partial charge < -0.3 is 5.11 Å². The third-order valence-electron chi connectivity index (χ3n) is 4.64. The number of nitrogens with zero attached hydrogens (tertiary/aromatic N) is 2. The first-order chi connectivity index (χ1) is 10.1. The second-order valence-electron chi connectivity index (χ2n) is 5.83. The number of phenolic OH excluding ortho intramolecular Hbond substituents is 1. The van der Waals surface area contributed by atoms with Crippen LogP contribution in [-0.2, 0) is 9.59 Å². The Morgan fingerprint density at radius 1 is 1.14 bits per heavy atom. The lowest BCUT2D eigenvalue weighted by molar-refractivity contribution is -0.140. The van der Waals surface area contributed by atoms with Crippen molar-refractivity contribution in [1.29, 1.82) is 0 Å². The van der Waals surface area contributed by atoms with Crippen molar-refractivity contribution in [3.05, 3.63) is 42.0 Å². The van der Waals surface area contributed by atoms with Crippen LogP contribution in [0, 0.1) is 23.7 Å². The molecule has 1 N–H and O–H groups in total. The van der Waals surface area contributed by atoms with E-state index < -0.39 is 0 Å². The van der Waals surface area contributed by atoms with Crippen molar-refractivity contribution in [2.45, 2.75) is 6.42 Å². The van der Waals surface area contributed by atoms with E-state index in [1.54, 1.807) is 18.2 Å². The van der Waals surface area contributed by atoms with Crippen LogP contribution >= 0.6 is 0 Å². The Balaban J connectivity index is 1.60. The van der Waals surface area contributed by atoms with Crippen molar-refractivity contribution in [3.63, 3.8) is 0 Å². The average molecular weight is 282 g/mol. The smallest absolute Gasteiger partial charge is 0.254 e. The molecule has 0 aromatic heterocycles. The van der Waals surface area contributed by atoms with Gasteiger partial charge in [-0.2, -0.15) is 10.1 Å². The maximum Gasteiger partial charge on any atom is 0.254 e. The summed E-state index contributed by atoms with van der Waals surface area (Å²) < 4.78 is 0. The van der Waals surface area contributed by atoms with E-state index in [2.05, 4.69) is 17.3 Å². The molecule has 1 aliphatic heterocycles.